The van der Waals surface area contributed by atoms with Gasteiger partial charge in [0.15, 0.2) is 6.61 Å². The number of amides is 1. The molecular formula is C18H22N2O2. The van der Waals surface area contributed by atoms with Gasteiger partial charge in [0.05, 0.1) is 0 Å². The van der Waals surface area contributed by atoms with Gasteiger partial charge < -0.3 is 15.8 Å². The van der Waals surface area contributed by atoms with Crippen molar-refractivity contribution in [2.24, 2.45) is 5.73 Å². The van der Waals surface area contributed by atoms with E-state index < -0.39 is 5.54 Å². The number of benzene rings is 2. The molecular weight excluding hydrogens is 276 g/mol. The van der Waals surface area contributed by atoms with Crippen LogP contribution in [-0.2, 0) is 4.79 Å². The number of nitrogens with two attached hydrogens (primary N) is 1. The van der Waals surface area contributed by atoms with Crippen molar-refractivity contribution in [3.63, 3.8) is 0 Å². The monoisotopic (exact) mass is 298 g/mol. The Labute approximate surface area is 131 Å². The highest BCUT2D eigenvalue weighted by Gasteiger charge is 2.18. The molecule has 0 unspecified atom stereocenters. The first-order valence-electron chi connectivity index (χ1n) is 7.30. The summed E-state index contributed by atoms with van der Waals surface area (Å²) in [6.07, 6.45) is 0. The first-order chi connectivity index (χ1) is 10.5. The highest BCUT2D eigenvalue weighted by molar-refractivity contribution is 5.79. The van der Waals surface area contributed by atoms with Crippen molar-refractivity contribution < 1.29 is 9.53 Å². The predicted octanol–water partition coefficient (Wildman–Crippen LogP) is 2.59. The third kappa shape index (κ3) is 4.33. The second-order valence-corrected chi connectivity index (χ2v) is 5.79. The zero-order chi connectivity index (χ0) is 16.0. The third-order valence-electron chi connectivity index (χ3n) is 3.32. The quantitative estimate of drug-likeness (QED) is 0.861. The Morgan fingerprint density at radius 2 is 1.73 bits per heavy atom. The lowest BCUT2D eigenvalue weighted by molar-refractivity contribution is -0.124. The van der Waals surface area contributed by atoms with Gasteiger partial charge in [0.25, 0.3) is 5.91 Å². The van der Waals surface area contributed by atoms with Crippen LogP contribution in [0.15, 0.2) is 54.6 Å². The largest absolute Gasteiger partial charge is 0.483 e. The van der Waals surface area contributed by atoms with Crippen LogP contribution in [-0.4, -0.2) is 24.6 Å². The molecule has 0 aliphatic heterocycles. The minimum absolute atomic E-state index is 0.0344. The molecule has 0 atom stereocenters. The van der Waals surface area contributed by atoms with Gasteiger partial charge in [0, 0.05) is 17.6 Å². The predicted molar refractivity (Wildman–Crippen MR) is 88.6 cm³/mol. The fourth-order valence-corrected chi connectivity index (χ4v) is 2.06. The highest BCUT2D eigenvalue weighted by Crippen LogP contribution is 2.29. The van der Waals surface area contributed by atoms with Crippen molar-refractivity contribution in [2.75, 3.05) is 13.2 Å². The summed E-state index contributed by atoms with van der Waals surface area (Å²) in [5, 5.41) is 2.85. The van der Waals surface area contributed by atoms with E-state index in [0.717, 1.165) is 11.1 Å². The first kappa shape index (κ1) is 16.0. The third-order valence-corrected chi connectivity index (χ3v) is 3.32. The Morgan fingerprint density at radius 1 is 1.09 bits per heavy atom. The Balaban J connectivity index is 2.07. The summed E-state index contributed by atoms with van der Waals surface area (Å²) in [7, 11) is 0. The second-order valence-electron chi connectivity index (χ2n) is 5.79. The molecule has 0 heterocycles. The fraction of sp³-hybridized carbons (Fsp3) is 0.278. The molecule has 0 saturated heterocycles. The Morgan fingerprint density at radius 3 is 2.41 bits per heavy atom. The van der Waals surface area contributed by atoms with E-state index in [0.29, 0.717) is 12.3 Å². The molecule has 0 saturated carbocycles. The van der Waals surface area contributed by atoms with E-state index in [1.165, 1.54) is 0 Å². The maximum Gasteiger partial charge on any atom is 0.258 e. The van der Waals surface area contributed by atoms with Crippen molar-refractivity contribution >= 4 is 5.91 Å². The minimum Gasteiger partial charge on any atom is -0.483 e. The number of carbonyl (C=O) groups is 1. The van der Waals surface area contributed by atoms with Crippen LogP contribution in [0.2, 0.25) is 0 Å². The summed E-state index contributed by atoms with van der Waals surface area (Å²) in [5.74, 6) is 0.507. The smallest absolute Gasteiger partial charge is 0.258 e. The number of hydrogen-bond donors (Lipinski definition) is 2. The van der Waals surface area contributed by atoms with Gasteiger partial charge in [0.2, 0.25) is 0 Å². The number of ether oxygens (including phenoxy) is 1. The first-order valence-corrected chi connectivity index (χ1v) is 7.30. The minimum atomic E-state index is -0.431. The molecule has 0 aromatic heterocycles. The lowest BCUT2D eigenvalue weighted by Crippen LogP contribution is -2.50. The SMILES string of the molecule is CC(C)(CN)NC(=O)COc1ccccc1-c1ccccc1. The van der Waals surface area contributed by atoms with Gasteiger partial charge in [-0.25, -0.2) is 0 Å². The summed E-state index contributed by atoms with van der Waals surface area (Å²) in [6.45, 7) is 4.10. The van der Waals surface area contributed by atoms with Gasteiger partial charge in [-0.05, 0) is 25.5 Å². The van der Waals surface area contributed by atoms with Crippen LogP contribution < -0.4 is 15.8 Å². The number of para-hydroxylation sites is 1. The molecule has 2 aromatic rings. The topological polar surface area (TPSA) is 64.3 Å². The Kier molecular flexibility index (Phi) is 5.17. The lowest BCUT2D eigenvalue weighted by atomic mass is 10.0. The van der Waals surface area contributed by atoms with Gasteiger partial charge in [-0.3, -0.25) is 4.79 Å². The van der Waals surface area contributed by atoms with Crippen molar-refractivity contribution in [1.29, 1.82) is 0 Å². The maximum atomic E-state index is 11.9. The zero-order valence-corrected chi connectivity index (χ0v) is 13.0. The summed E-state index contributed by atoms with van der Waals surface area (Å²) in [5.41, 5.74) is 7.20. The molecule has 2 aromatic carbocycles. The van der Waals surface area contributed by atoms with Gasteiger partial charge >= 0.3 is 0 Å². The van der Waals surface area contributed by atoms with E-state index in [4.69, 9.17) is 10.5 Å². The zero-order valence-electron chi connectivity index (χ0n) is 13.0. The van der Waals surface area contributed by atoms with Crippen molar-refractivity contribution in [3.8, 4) is 16.9 Å². The number of rotatable bonds is 6. The Bertz CT molecular complexity index is 624. The van der Waals surface area contributed by atoms with Crippen LogP contribution in [0.3, 0.4) is 0 Å². The van der Waals surface area contributed by atoms with Gasteiger partial charge in [-0.15, -0.1) is 0 Å². The normalized spacial score (nSPS) is 11.0. The molecule has 1 amide bonds. The Hall–Kier alpha value is -2.33. The summed E-state index contributed by atoms with van der Waals surface area (Å²) in [6, 6.07) is 17.6. The van der Waals surface area contributed by atoms with E-state index in [1.807, 2.05) is 68.4 Å². The molecule has 0 radical (unpaired) electrons. The van der Waals surface area contributed by atoms with E-state index >= 15 is 0 Å². The summed E-state index contributed by atoms with van der Waals surface area (Å²) < 4.78 is 5.69. The summed E-state index contributed by atoms with van der Waals surface area (Å²) in [4.78, 5) is 11.9. The van der Waals surface area contributed by atoms with Gasteiger partial charge in [-0.2, -0.15) is 0 Å². The van der Waals surface area contributed by atoms with E-state index in [1.54, 1.807) is 0 Å². The van der Waals surface area contributed by atoms with Crippen LogP contribution in [0.5, 0.6) is 5.75 Å². The van der Waals surface area contributed by atoms with Crippen LogP contribution in [0, 0.1) is 0 Å². The van der Waals surface area contributed by atoms with Gasteiger partial charge in [-0.1, -0.05) is 48.5 Å². The molecule has 4 nitrogen and oxygen atoms in total. The second kappa shape index (κ2) is 7.09. The average Bonchev–Trinajstić information content (AvgIpc) is 2.54. The van der Waals surface area contributed by atoms with Crippen LogP contribution in [0.25, 0.3) is 11.1 Å². The van der Waals surface area contributed by atoms with Crippen LogP contribution in [0.4, 0.5) is 0 Å². The fourth-order valence-electron chi connectivity index (χ4n) is 2.06. The number of nitrogens with one attached hydrogen (secondary N) is 1. The molecule has 0 aliphatic rings. The van der Waals surface area contributed by atoms with Crippen molar-refractivity contribution in [3.05, 3.63) is 54.6 Å². The van der Waals surface area contributed by atoms with E-state index in [-0.39, 0.29) is 12.5 Å². The lowest BCUT2D eigenvalue weighted by Gasteiger charge is -2.24. The molecule has 0 aliphatic carbocycles. The van der Waals surface area contributed by atoms with Crippen LogP contribution in [0.1, 0.15) is 13.8 Å². The molecule has 116 valence electrons. The van der Waals surface area contributed by atoms with E-state index in [2.05, 4.69) is 5.32 Å². The highest BCUT2D eigenvalue weighted by atomic mass is 16.5. The van der Waals surface area contributed by atoms with Crippen LogP contribution >= 0.6 is 0 Å². The molecule has 2 rings (SSSR count). The molecule has 0 fully saturated rings. The average molecular weight is 298 g/mol. The van der Waals surface area contributed by atoms with Crippen molar-refractivity contribution in [1.82, 2.24) is 5.32 Å². The molecule has 0 spiro atoms. The molecule has 4 heteroatoms. The van der Waals surface area contributed by atoms with Gasteiger partial charge in [0.1, 0.15) is 5.75 Å². The molecule has 22 heavy (non-hydrogen) atoms. The van der Waals surface area contributed by atoms with E-state index in [9.17, 15) is 4.79 Å². The molecule has 0 bridgehead atoms. The van der Waals surface area contributed by atoms with Crippen molar-refractivity contribution in [2.45, 2.75) is 19.4 Å². The standard InChI is InChI=1S/C18H22N2O2/c1-18(2,13-19)20-17(21)12-22-16-11-7-6-10-15(16)14-8-4-3-5-9-14/h3-11H,12-13,19H2,1-2H3,(H,20,21). The summed E-state index contributed by atoms with van der Waals surface area (Å²) >= 11 is 0. The number of hydrogen-bond acceptors (Lipinski definition) is 3. The maximum absolute atomic E-state index is 11.9. The number of carbonyl (C=O) groups excluding carboxylic acids is 1. The molecule has 3 N–H and O–H groups in total.